The minimum atomic E-state index is -0.457. The van der Waals surface area contributed by atoms with Crippen LogP contribution in [0.15, 0.2) is 78.9 Å². The van der Waals surface area contributed by atoms with Gasteiger partial charge >= 0.3 is 0 Å². The summed E-state index contributed by atoms with van der Waals surface area (Å²) in [6.07, 6.45) is 0. The number of hydrogen-bond acceptors (Lipinski definition) is 2. The molecule has 0 bridgehead atoms. The highest BCUT2D eigenvalue weighted by atomic mass is 35.5. The molecule has 3 rings (SSSR count). The molecule has 6 heteroatoms. The van der Waals surface area contributed by atoms with Gasteiger partial charge in [0.1, 0.15) is 0 Å². The van der Waals surface area contributed by atoms with Crippen molar-refractivity contribution in [1.29, 1.82) is 0 Å². The lowest BCUT2D eigenvalue weighted by Crippen LogP contribution is -2.41. The molecule has 0 radical (unpaired) electrons. The normalized spacial score (nSPS) is 10.5. The van der Waals surface area contributed by atoms with Crippen LogP contribution in [0, 0.1) is 0 Å². The molecule has 3 aromatic rings. The summed E-state index contributed by atoms with van der Waals surface area (Å²) in [6, 6.07) is 24.5. The van der Waals surface area contributed by atoms with Gasteiger partial charge in [-0.3, -0.25) is 4.79 Å². The van der Waals surface area contributed by atoms with E-state index >= 15 is 0 Å². The van der Waals surface area contributed by atoms with Crippen LogP contribution in [0.4, 0.5) is 0 Å². The molecule has 1 amide bonds. The zero-order valence-corrected chi connectivity index (χ0v) is 17.2. The van der Waals surface area contributed by atoms with Crippen LogP contribution in [0.1, 0.15) is 22.6 Å². The van der Waals surface area contributed by atoms with E-state index < -0.39 is 5.92 Å². The first-order valence-electron chi connectivity index (χ1n) is 8.67. The van der Waals surface area contributed by atoms with Crippen LogP contribution in [0.2, 0.25) is 10.0 Å². The summed E-state index contributed by atoms with van der Waals surface area (Å²) in [5.41, 5.74) is 2.63. The van der Waals surface area contributed by atoms with Gasteiger partial charge in [0, 0.05) is 16.6 Å². The van der Waals surface area contributed by atoms with Crippen molar-refractivity contribution in [1.82, 2.24) is 10.6 Å². The van der Waals surface area contributed by atoms with E-state index in [-0.39, 0.29) is 11.0 Å². The summed E-state index contributed by atoms with van der Waals surface area (Å²) >= 11 is 17.4. The summed E-state index contributed by atoms with van der Waals surface area (Å²) in [6.45, 7) is 0.385. The van der Waals surface area contributed by atoms with Crippen LogP contribution in [0.3, 0.4) is 0 Å². The van der Waals surface area contributed by atoms with Crippen LogP contribution in [-0.4, -0.2) is 11.0 Å². The van der Waals surface area contributed by atoms with Gasteiger partial charge in [0.25, 0.3) is 0 Å². The molecule has 0 heterocycles. The second kappa shape index (κ2) is 9.69. The van der Waals surface area contributed by atoms with Gasteiger partial charge in [-0.05, 0) is 41.0 Å². The van der Waals surface area contributed by atoms with Crippen LogP contribution >= 0.6 is 35.4 Å². The molecule has 0 aliphatic carbocycles. The number of thiocarbonyl (C=S) groups is 1. The Morgan fingerprint density at radius 2 is 1.46 bits per heavy atom. The predicted octanol–water partition coefficient (Wildman–Crippen LogP) is 5.32. The minimum absolute atomic E-state index is 0.197. The van der Waals surface area contributed by atoms with E-state index in [1.54, 1.807) is 12.1 Å². The highest BCUT2D eigenvalue weighted by molar-refractivity contribution is 7.80. The van der Waals surface area contributed by atoms with Gasteiger partial charge in [-0.25, -0.2) is 0 Å². The first-order chi connectivity index (χ1) is 13.5. The van der Waals surface area contributed by atoms with Crippen molar-refractivity contribution >= 4 is 46.4 Å². The Morgan fingerprint density at radius 3 is 2.00 bits per heavy atom. The fraction of sp³-hybridized carbons (Fsp3) is 0.0909. The first-order valence-corrected chi connectivity index (χ1v) is 9.83. The zero-order valence-electron chi connectivity index (χ0n) is 14.9. The number of carbonyl (C=O) groups is 1. The second-order valence-corrected chi connectivity index (χ2v) is 7.41. The molecule has 0 unspecified atom stereocenters. The third-order valence-corrected chi connectivity index (χ3v) is 5.05. The van der Waals surface area contributed by atoms with Crippen molar-refractivity contribution in [3.8, 4) is 0 Å². The van der Waals surface area contributed by atoms with E-state index in [1.807, 2.05) is 66.7 Å². The average molecular weight is 429 g/mol. The van der Waals surface area contributed by atoms with Gasteiger partial charge in [-0.1, -0.05) is 89.9 Å². The third kappa shape index (κ3) is 5.32. The molecule has 0 spiro atoms. The Bertz CT molecular complexity index is 925. The Labute approximate surface area is 179 Å². The van der Waals surface area contributed by atoms with E-state index in [2.05, 4.69) is 10.6 Å². The number of amides is 1. The van der Waals surface area contributed by atoms with E-state index in [4.69, 9.17) is 35.4 Å². The quantitative estimate of drug-likeness (QED) is 0.540. The Balaban J connectivity index is 1.70. The van der Waals surface area contributed by atoms with E-state index in [0.29, 0.717) is 16.6 Å². The summed E-state index contributed by atoms with van der Waals surface area (Å²) in [5.74, 6) is -0.654. The fourth-order valence-corrected chi connectivity index (χ4v) is 3.50. The summed E-state index contributed by atoms with van der Waals surface area (Å²) < 4.78 is 0. The van der Waals surface area contributed by atoms with Gasteiger partial charge in [0.2, 0.25) is 5.91 Å². The second-order valence-electron chi connectivity index (χ2n) is 6.16. The number of halogens is 2. The molecule has 0 saturated heterocycles. The zero-order chi connectivity index (χ0) is 19.9. The van der Waals surface area contributed by atoms with Crippen LogP contribution in [-0.2, 0) is 11.3 Å². The van der Waals surface area contributed by atoms with Crippen LogP contribution in [0.5, 0.6) is 0 Å². The number of hydrogen-bond donors (Lipinski definition) is 2. The molecule has 3 aromatic carbocycles. The van der Waals surface area contributed by atoms with Gasteiger partial charge in [0.05, 0.1) is 5.92 Å². The molecule has 142 valence electrons. The lowest BCUT2D eigenvalue weighted by Gasteiger charge is -2.19. The number of rotatable bonds is 5. The fourth-order valence-electron chi connectivity index (χ4n) is 2.85. The van der Waals surface area contributed by atoms with E-state index in [1.165, 1.54) is 0 Å². The van der Waals surface area contributed by atoms with Gasteiger partial charge in [0.15, 0.2) is 5.11 Å². The highest BCUT2D eigenvalue weighted by Gasteiger charge is 2.23. The SMILES string of the molecule is O=C(NC(=S)NCc1ccc(Cl)cc1Cl)C(c1ccccc1)c1ccccc1. The molecular formula is C22H18Cl2N2OS. The average Bonchev–Trinajstić information content (AvgIpc) is 2.69. The topological polar surface area (TPSA) is 41.1 Å². The maximum Gasteiger partial charge on any atom is 0.238 e. The van der Waals surface area contributed by atoms with Crippen molar-refractivity contribution in [3.05, 3.63) is 106 Å². The molecule has 0 atom stereocenters. The lowest BCUT2D eigenvalue weighted by atomic mass is 9.90. The minimum Gasteiger partial charge on any atom is -0.358 e. The Hall–Kier alpha value is -2.40. The molecule has 0 aliphatic heterocycles. The van der Waals surface area contributed by atoms with Gasteiger partial charge < -0.3 is 10.6 Å². The number of carbonyl (C=O) groups excluding carboxylic acids is 1. The molecule has 2 N–H and O–H groups in total. The summed E-state index contributed by atoms with van der Waals surface area (Å²) in [7, 11) is 0. The van der Waals surface area contributed by atoms with Crippen molar-refractivity contribution in [3.63, 3.8) is 0 Å². The largest absolute Gasteiger partial charge is 0.358 e. The van der Waals surface area contributed by atoms with Crippen LogP contribution in [0.25, 0.3) is 0 Å². The summed E-state index contributed by atoms with van der Waals surface area (Å²) in [5, 5.41) is 7.16. The third-order valence-electron chi connectivity index (χ3n) is 4.22. The van der Waals surface area contributed by atoms with Crippen LogP contribution < -0.4 is 10.6 Å². The standard InChI is InChI=1S/C22H18Cl2N2OS/c23-18-12-11-17(19(24)13-18)14-25-22(28)26-21(27)20(15-7-3-1-4-8-15)16-9-5-2-6-10-16/h1-13,20H,14H2,(H2,25,26,27,28). The smallest absolute Gasteiger partial charge is 0.238 e. The summed E-state index contributed by atoms with van der Waals surface area (Å²) in [4.78, 5) is 13.0. The maximum absolute atomic E-state index is 13.0. The molecule has 3 nitrogen and oxygen atoms in total. The van der Waals surface area contributed by atoms with E-state index in [9.17, 15) is 4.79 Å². The lowest BCUT2D eigenvalue weighted by molar-refractivity contribution is -0.120. The highest BCUT2D eigenvalue weighted by Crippen LogP contribution is 2.25. The molecule has 0 fully saturated rings. The molecular weight excluding hydrogens is 411 g/mol. The molecule has 0 aliphatic rings. The van der Waals surface area contributed by atoms with Gasteiger partial charge in [-0.15, -0.1) is 0 Å². The first kappa shape index (κ1) is 20.3. The number of nitrogens with one attached hydrogen (secondary N) is 2. The van der Waals surface area contributed by atoms with Crippen molar-refractivity contribution < 1.29 is 4.79 Å². The Kier molecular flexibility index (Phi) is 7.04. The predicted molar refractivity (Wildman–Crippen MR) is 119 cm³/mol. The molecule has 28 heavy (non-hydrogen) atoms. The molecule has 0 saturated carbocycles. The number of benzene rings is 3. The monoisotopic (exact) mass is 428 g/mol. The molecule has 0 aromatic heterocycles. The van der Waals surface area contributed by atoms with Crippen molar-refractivity contribution in [2.45, 2.75) is 12.5 Å². The Morgan fingerprint density at radius 1 is 0.893 bits per heavy atom. The van der Waals surface area contributed by atoms with E-state index in [0.717, 1.165) is 16.7 Å². The van der Waals surface area contributed by atoms with Gasteiger partial charge in [-0.2, -0.15) is 0 Å². The maximum atomic E-state index is 13.0. The van der Waals surface area contributed by atoms with Crippen molar-refractivity contribution in [2.24, 2.45) is 0 Å². The van der Waals surface area contributed by atoms with Crippen molar-refractivity contribution in [2.75, 3.05) is 0 Å².